The van der Waals surface area contributed by atoms with E-state index in [0.717, 1.165) is 32.7 Å². The van der Waals surface area contributed by atoms with Gasteiger partial charge in [0.1, 0.15) is 6.29 Å². The zero-order chi connectivity index (χ0) is 10.6. The third-order valence-electron chi connectivity index (χ3n) is 1.88. The Balaban J connectivity index is 0.000000791. The molecule has 0 saturated heterocycles. The number of benzene rings is 1. The van der Waals surface area contributed by atoms with Crippen molar-refractivity contribution in [3.8, 4) is 0 Å². The fraction of sp³-hybridized carbons (Fsp3) is 0.417. The molecule has 1 N–H and O–H groups in total. The van der Waals surface area contributed by atoms with Gasteiger partial charge in [0.05, 0.1) is 0 Å². The number of rotatable bonds is 5. The molecule has 1 aromatic rings. The summed E-state index contributed by atoms with van der Waals surface area (Å²) >= 11 is 0. The number of aliphatic hydroxyl groups excluding tert-OH is 1. The molecule has 2 nitrogen and oxygen atoms in total. The molecule has 0 bridgehead atoms. The summed E-state index contributed by atoms with van der Waals surface area (Å²) < 4.78 is 0. The third-order valence-corrected chi connectivity index (χ3v) is 1.88. The molecule has 14 heavy (non-hydrogen) atoms. The molecular weight excluding hydrogens is 176 g/mol. The van der Waals surface area contributed by atoms with Crippen molar-refractivity contribution in [2.24, 2.45) is 0 Å². The maximum absolute atomic E-state index is 10.0. The molecule has 2 heteroatoms. The van der Waals surface area contributed by atoms with Gasteiger partial charge in [0.15, 0.2) is 0 Å². The van der Waals surface area contributed by atoms with Gasteiger partial charge in [-0.2, -0.15) is 0 Å². The molecule has 78 valence electrons. The summed E-state index contributed by atoms with van der Waals surface area (Å²) in [5.41, 5.74) is 1.36. The molecule has 1 rings (SSSR count). The average molecular weight is 194 g/mol. The Morgan fingerprint density at radius 2 is 1.79 bits per heavy atom. The highest BCUT2D eigenvalue weighted by Crippen LogP contribution is 2.04. The number of carbonyl (C=O) groups excluding carboxylic acids is 1. The first-order chi connectivity index (χ1) is 6.93. The quantitative estimate of drug-likeness (QED) is 0.576. The number of hydrogen-bond donors (Lipinski definition) is 1. The average Bonchev–Trinajstić information content (AvgIpc) is 2.29. The molecular formula is C12H18O2. The summed E-state index contributed by atoms with van der Waals surface area (Å²) in [5, 5.41) is 7.00. The second-order valence-corrected chi connectivity index (χ2v) is 2.90. The number of hydrogen-bond acceptors (Lipinski definition) is 2. The summed E-state index contributed by atoms with van der Waals surface area (Å²) in [5.74, 6) is 0. The van der Waals surface area contributed by atoms with Crippen molar-refractivity contribution in [1.29, 1.82) is 0 Å². The molecule has 0 aliphatic carbocycles. The fourth-order valence-electron chi connectivity index (χ4n) is 1.20. The minimum absolute atomic E-state index is 0.701. The van der Waals surface area contributed by atoms with Crippen LogP contribution in [0, 0.1) is 0 Å². The van der Waals surface area contributed by atoms with Gasteiger partial charge in [-0.3, -0.25) is 0 Å². The minimum Gasteiger partial charge on any atom is -0.400 e. The van der Waals surface area contributed by atoms with E-state index in [1.54, 1.807) is 0 Å². The van der Waals surface area contributed by atoms with Gasteiger partial charge in [-0.15, -0.1) is 0 Å². The zero-order valence-corrected chi connectivity index (χ0v) is 8.65. The van der Waals surface area contributed by atoms with Gasteiger partial charge >= 0.3 is 0 Å². The Morgan fingerprint density at radius 3 is 2.36 bits per heavy atom. The van der Waals surface area contributed by atoms with E-state index < -0.39 is 0 Å². The maximum Gasteiger partial charge on any atom is 0.119 e. The summed E-state index contributed by atoms with van der Waals surface area (Å²) in [6.45, 7) is 0. The summed E-state index contributed by atoms with van der Waals surface area (Å²) in [7, 11) is 1.00. The Bertz CT molecular complexity index is 219. The van der Waals surface area contributed by atoms with E-state index in [4.69, 9.17) is 5.11 Å². The molecule has 0 radical (unpaired) electrons. The van der Waals surface area contributed by atoms with Crippen LogP contribution in [0.1, 0.15) is 24.8 Å². The number of carbonyl (C=O) groups is 1. The maximum atomic E-state index is 10.0. The van der Waals surface area contributed by atoms with Crippen LogP contribution in [0.4, 0.5) is 0 Å². The minimum atomic E-state index is 0.701. The van der Waals surface area contributed by atoms with Gasteiger partial charge in [-0.1, -0.05) is 30.3 Å². The van der Waals surface area contributed by atoms with Gasteiger partial charge in [0, 0.05) is 13.5 Å². The summed E-state index contributed by atoms with van der Waals surface area (Å²) in [6, 6.07) is 10.4. The van der Waals surface area contributed by atoms with Crippen LogP contribution in [-0.4, -0.2) is 18.5 Å². The lowest BCUT2D eigenvalue weighted by Gasteiger charge is -1.97. The zero-order valence-electron chi connectivity index (χ0n) is 8.65. The molecule has 0 aliphatic heterocycles. The Morgan fingerprint density at radius 1 is 1.14 bits per heavy atom. The van der Waals surface area contributed by atoms with Gasteiger partial charge in [0.25, 0.3) is 0 Å². The van der Waals surface area contributed by atoms with Crippen molar-refractivity contribution in [2.45, 2.75) is 25.7 Å². The predicted molar refractivity (Wildman–Crippen MR) is 58.2 cm³/mol. The second-order valence-electron chi connectivity index (χ2n) is 2.90. The van der Waals surface area contributed by atoms with Crippen LogP contribution in [0.3, 0.4) is 0 Å². The highest BCUT2D eigenvalue weighted by atomic mass is 16.2. The largest absolute Gasteiger partial charge is 0.400 e. The first-order valence-electron chi connectivity index (χ1n) is 4.86. The molecule has 0 atom stereocenters. The molecule has 0 saturated carbocycles. The highest BCUT2D eigenvalue weighted by Gasteiger charge is 1.90. The van der Waals surface area contributed by atoms with E-state index in [2.05, 4.69) is 24.3 Å². The van der Waals surface area contributed by atoms with Crippen LogP contribution >= 0.6 is 0 Å². The standard InChI is InChI=1S/C11H14O.CH4O/c12-10-6-2-5-9-11-7-3-1-4-8-11;1-2/h1,3-4,7-8,10H,2,5-6,9H2;2H,1H3. The third kappa shape index (κ3) is 6.38. The predicted octanol–water partition coefficient (Wildman–Crippen LogP) is 2.21. The molecule has 0 aliphatic rings. The fourth-order valence-corrected chi connectivity index (χ4v) is 1.20. The smallest absolute Gasteiger partial charge is 0.119 e. The van der Waals surface area contributed by atoms with Crippen molar-refractivity contribution in [2.75, 3.05) is 7.11 Å². The van der Waals surface area contributed by atoms with Crippen molar-refractivity contribution >= 4 is 6.29 Å². The van der Waals surface area contributed by atoms with Gasteiger partial charge in [-0.25, -0.2) is 0 Å². The Labute approximate surface area is 85.6 Å². The number of unbranched alkanes of at least 4 members (excludes halogenated alkanes) is 2. The lowest BCUT2D eigenvalue weighted by atomic mass is 10.1. The van der Waals surface area contributed by atoms with Crippen molar-refractivity contribution in [3.63, 3.8) is 0 Å². The SMILES string of the molecule is CO.O=CCCCCc1ccccc1. The number of aliphatic hydroxyl groups is 1. The van der Waals surface area contributed by atoms with E-state index in [1.807, 2.05) is 6.07 Å². The molecule has 0 spiro atoms. The molecule has 0 amide bonds. The Kier molecular flexibility index (Phi) is 9.12. The van der Waals surface area contributed by atoms with Crippen LogP contribution in [0.25, 0.3) is 0 Å². The lowest BCUT2D eigenvalue weighted by Crippen LogP contribution is -1.85. The molecule has 0 unspecified atom stereocenters. The normalized spacial score (nSPS) is 8.71. The topological polar surface area (TPSA) is 37.3 Å². The monoisotopic (exact) mass is 194 g/mol. The summed E-state index contributed by atoms with van der Waals surface area (Å²) in [4.78, 5) is 10.0. The van der Waals surface area contributed by atoms with Crippen LogP contribution in [0.2, 0.25) is 0 Å². The van der Waals surface area contributed by atoms with E-state index in [-0.39, 0.29) is 0 Å². The van der Waals surface area contributed by atoms with Crippen LogP contribution in [0.15, 0.2) is 30.3 Å². The van der Waals surface area contributed by atoms with E-state index in [0.29, 0.717) is 6.42 Å². The molecule has 0 heterocycles. The van der Waals surface area contributed by atoms with Crippen molar-refractivity contribution in [3.05, 3.63) is 35.9 Å². The van der Waals surface area contributed by atoms with Crippen molar-refractivity contribution < 1.29 is 9.90 Å². The van der Waals surface area contributed by atoms with Gasteiger partial charge in [-0.05, 0) is 24.8 Å². The first kappa shape index (κ1) is 12.8. The van der Waals surface area contributed by atoms with Crippen molar-refractivity contribution in [1.82, 2.24) is 0 Å². The Hall–Kier alpha value is -1.15. The first-order valence-corrected chi connectivity index (χ1v) is 4.86. The van der Waals surface area contributed by atoms with E-state index in [1.165, 1.54) is 5.56 Å². The highest BCUT2D eigenvalue weighted by molar-refractivity contribution is 5.48. The van der Waals surface area contributed by atoms with Crippen LogP contribution < -0.4 is 0 Å². The molecule has 1 aromatic carbocycles. The molecule has 0 aromatic heterocycles. The second kappa shape index (κ2) is 9.93. The van der Waals surface area contributed by atoms with Crippen LogP contribution in [0.5, 0.6) is 0 Å². The van der Waals surface area contributed by atoms with E-state index in [9.17, 15) is 4.79 Å². The number of aryl methyl sites for hydroxylation is 1. The van der Waals surface area contributed by atoms with Crippen LogP contribution in [-0.2, 0) is 11.2 Å². The van der Waals surface area contributed by atoms with Gasteiger partial charge < -0.3 is 9.90 Å². The van der Waals surface area contributed by atoms with E-state index >= 15 is 0 Å². The lowest BCUT2D eigenvalue weighted by molar-refractivity contribution is -0.107. The molecule has 0 fully saturated rings. The summed E-state index contributed by atoms with van der Waals surface area (Å²) in [6.07, 6.45) is 4.91. The van der Waals surface area contributed by atoms with Gasteiger partial charge in [0.2, 0.25) is 0 Å². The number of aldehydes is 1.